The molecule has 0 radical (unpaired) electrons. The highest BCUT2D eigenvalue weighted by Gasteiger charge is 2.30. The largest absolute Gasteiger partial charge is 0.492 e. The molecule has 2 rings (SSSR count). The smallest absolute Gasteiger partial charge is 0.119 e. The van der Waals surface area contributed by atoms with Gasteiger partial charge in [0.2, 0.25) is 0 Å². The molecule has 1 aliphatic heterocycles. The molecule has 0 amide bonds. The van der Waals surface area contributed by atoms with E-state index in [1.807, 2.05) is 26.3 Å². The number of hydrogen-bond donors (Lipinski definition) is 1. The minimum Gasteiger partial charge on any atom is -0.492 e. The van der Waals surface area contributed by atoms with Crippen LogP contribution in [0.25, 0.3) is 0 Å². The van der Waals surface area contributed by atoms with E-state index in [-0.39, 0.29) is 5.60 Å². The van der Waals surface area contributed by atoms with Crippen LogP contribution in [-0.2, 0) is 11.3 Å². The molecular formula is C17H28N2O2. The summed E-state index contributed by atoms with van der Waals surface area (Å²) in [5.41, 5.74) is 1.25. The highest BCUT2D eigenvalue weighted by Crippen LogP contribution is 2.23. The molecule has 4 nitrogen and oxygen atoms in total. The molecule has 118 valence electrons. The van der Waals surface area contributed by atoms with Gasteiger partial charge in [0.1, 0.15) is 12.4 Å². The summed E-state index contributed by atoms with van der Waals surface area (Å²) in [7, 11) is 3.77. The zero-order valence-electron chi connectivity index (χ0n) is 13.5. The summed E-state index contributed by atoms with van der Waals surface area (Å²) in [6, 6.07) is 8.28. The Balaban J connectivity index is 1.77. The van der Waals surface area contributed by atoms with Crippen LogP contribution < -0.4 is 10.1 Å². The Kier molecular flexibility index (Phi) is 6.03. The predicted octanol–water partition coefficient (Wildman–Crippen LogP) is 2.29. The third-order valence-electron chi connectivity index (χ3n) is 4.19. The van der Waals surface area contributed by atoms with Crippen LogP contribution in [0.4, 0.5) is 0 Å². The van der Waals surface area contributed by atoms with Gasteiger partial charge in [-0.15, -0.1) is 0 Å². The molecule has 0 bridgehead atoms. The van der Waals surface area contributed by atoms with Crippen molar-refractivity contribution in [3.05, 3.63) is 29.8 Å². The average Bonchev–Trinajstić information content (AvgIpc) is 2.48. The van der Waals surface area contributed by atoms with Gasteiger partial charge in [0.15, 0.2) is 0 Å². The number of hydrogen-bond acceptors (Lipinski definition) is 4. The molecule has 1 aliphatic rings. The number of nitrogens with zero attached hydrogens (tertiary/aromatic N) is 1. The molecule has 0 aromatic heterocycles. The second-order valence-corrected chi connectivity index (χ2v) is 6.06. The molecule has 21 heavy (non-hydrogen) atoms. The van der Waals surface area contributed by atoms with Crippen molar-refractivity contribution in [2.24, 2.45) is 0 Å². The molecule has 1 unspecified atom stereocenters. The lowest BCUT2D eigenvalue weighted by atomic mass is 9.95. The fraction of sp³-hybridized carbons (Fsp3) is 0.647. The first kappa shape index (κ1) is 16.3. The number of benzene rings is 1. The van der Waals surface area contributed by atoms with Gasteiger partial charge in [0.05, 0.1) is 5.60 Å². The van der Waals surface area contributed by atoms with Crippen molar-refractivity contribution in [1.82, 2.24) is 10.2 Å². The third kappa shape index (κ3) is 4.99. The summed E-state index contributed by atoms with van der Waals surface area (Å²) in [5.74, 6) is 0.953. The Morgan fingerprint density at radius 2 is 2.24 bits per heavy atom. The Labute approximate surface area is 128 Å². The molecule has 0 spiro atoms. The van der Waals surface area contributed by atoms with E-state index in [4.69, 9.17) is 9.47 Å². The fourth-order valence-corrected chi connectivity index (χ4v) is 2.91. The Morgan fingerprint density at radius 3 is 3.00 bits per heavy atom. The lowest BCUT2D eigenvalue weighted by molar-refractivity contribution is -0.0524. The van der Waals surface area contributed by atoms with Gasteiger partial charge in [0, 0.05) is 26.7 Å². The van der Waals surface area contributed by atoms with Crippen LogP contribution in [-0.4, -0.2) is 50.9 Å². The first-order valence-corrected chi connectivity index (χ1v) is 7.79. The maximum Gasteiger partial charge on any atom is 0.119 e. The van der Waals surface area contributed by atoms with Gasteiger partial charge in [-0.1, -0.05) is 12.1 Å². The summed E-state index contributed by atoms with van der Waals surface area (Å²) in [5, 5.41) is 3.16. The van der Waals surface area contributed by atoms with Crippen molar-refractivity contribution >= 4 is 0 Å². The maximum atomic E-state index is 5.89. The fourth-order valence-electron chi connectivity index (χ4n) is 2.91. The topological polar surface area (TPSA) is 33.7 Å². The van der Waals surface area contributed by atoms with Crippen molar-refractivity contribution in [2.45, 2.75) is 31.9 Å². The quantitative estimate of drug-likeness (QED) is 0.836. The van der Waals surface area contributed by atoms with Crippen LogP contribution in [0.15, 0.2) is 24.3 Å². The Bertz CT molecular complexity index is 439. The predicted molar refractivity (Wildman–Crippen MR) is 85.8 cm³/mol. The van der Waals surface area contributed by atoms with Gasteiger partial charge in [-0.05, 0) is 51.1 Å². The van der Waals surface area contributed by atoms with Crippen molar-refractivity contribution in [3.63, 3.8) is 0 Å². The molecule has 0 saturated carbocycles. The van der Waals surface area contributed by atoms with E-state index in [0.717, 1.165) is 45.0 Å². The zero-order chi connectivity index (χ0) is 15.1. The number of methoxy groups -OCH3 is 1. The molecule has 1 fully saturated rings. The van der Waals surface area contributed by atoms with Crippen molar-refractivity contribution < 1.29 is 9.47 Å². The van der Waals surface area contributed by atoms with Gasteiger partial charge in [-0.3, -0.25) is 4.90 Å². The standard InChI is InChI=1S/C17H28N2O2/c1-17(20-3)8-5-9-19(14-17)10-11-21-16-7-4-6-15(12-16)13-18-2/h4,6-7,12,18H,5,8-11,13-14H2,1-3H3. The monoisotopic (exact) mass is 292 g/mol. The van der Waals surface area contributed by atoms with E-state index in [1.165, 1.54) is 12.0 Å². The molecule has 4 heteroatoms. The molecule has 1 atom stereocenters. The van der Waals surface area contributed by atoms with Gasteiger partial charge in [0.25, 0.3) is 0 Å². The summed E-state index contributed by atoms with van der Waals surface area (Å²) in [4.78, 5) is 2.43. The van der Waals surface area contributed by atoms with E-state index < -0.39 is 0 Å². The second kappa shape index (κ2) is 7.78. The summed E-state index contributed by atoms with van der Waals surface area (Å²) >= 11 is 0. The molecule has 1 saturated heterocycles. The molecule has 0 aliphatic carbocycles. The van der Waals surface area contributed by atoms with Crippen molar-refractivity contribution in [1.29, 1.82) is 0 Å². The number of piperidine rings is 1. The van der Waals surface area contributed by atoms with E-state index in [1.54, 1.807) is 0 Å². The van der Waals surface area contributed by atoms with E-state index >= 15 is 0 Å². The minimum atomic E-state index is 0.00492. The van der Waals surface area contributed by atoms with Crippen LogP contribution in [0.3, 0.4) is 0 Å². The zero-order valence-corrected chi connectivity index (χ0v) is 13.5. The minimum absolute atomic E-state index is 0.00492. The molecule has 1 N–H and O–H groups in total. The van der Waals surface area contributed by atoms with Crippen LogP contribution in [0, 0.1) is 0 Å². The first-order valence-electron chi connectivity index (χ1n) is 7.79. The maximum absolute atomic E-state index is 5.89. The van der Waals surface area contributed by atoms with Crippen molar-refractivity contribution in [2.75, 3.05) is 40.4 Å². The normalized spacial score (nSPS) is 23.2. The van der Waals surface area contributed by atoms with Crippen LogP contribution in [0.1, 0.15) is 25.3 Å². The van der Waals surface area contributed by atoms with Crippen LogP contribution in [0.5, 0.6) is 5.75 Å². The van der Waals surface area contributed by atoms with Crippen molar-refractivity contribution in [3.8, 4) is 5.75 Å². The number of nitrogens with one attached hydrogen (secondary N) is 1. The van der Waals surface area contributed by atoms with Crippen LogP contribution in [0.2, 0.25) is 0 Å². The molecular weight excluding hydrogens is 264 g/mol. The number of rotatable bonds is 7. The Hall–Kier alpha value is -1.10. The number of likely N-dealkylation sites (tertiary alicyclic amines) is 1. The lowest BCUT2D eigenvalue weighted by Gasteiger charge is -2.39. The second-order valence-electron chi connectivity index (χ2n) is 6.06. The summed E-state index contributed by atoms with van der Waals surface area (Å²) in [6.07, 6.45) is 2.34. The first-order chi connectivity index (χ1) is 10.1. The van der Waals surface area contributed by atoms with E-state index in [9.17, 15) is 0 Å². The molecule has 1 heterocycles. The number of ether oxygens (including phenoxy) is 2. The van der Waals surface area contributed by atoms with Gasteiger partial charge >= 0.3 is 0 Å². The summed E-state index contributed by atoms with van der Waals surface area (Å²) < 4.78 is 11.5. The SMILES string of the molecule is CNCc1cccc(OCCN2CCCC(C)(OC)C2)c1. The third-order valence-corrected chi connectivity index (χ3v) is 4.19. The van der Waals surface area contributed by atoms with Gasteiger partial charge in [-0.25, -0.2) is 0 Å². The van der Waals surface area contributed by atoms with E-state index in [2.05, 4.69) is 29.3 Å². The lowest BCUT2D eigenvalue weighted by Crippen LogP contribution is -2.48. The Morgan fingerprint density at radius 1 is 1.38 bits per heavy atom. The van der Waals surface area contributed by atoms with E-state index in [0.29, 0.717) is 0 Å². The average molecular weight is 292 g/mol. The highest BCUT2D eigenvalue weighted by atomic mass is 16.5. The molecule has 1 aromatic carbocycles. The van der Waals surface area contributed by atoms with Crippen LogP contribution >= 0.6 is 0 Å². The molecule has 1 aromatic rings. The van der Waals surface area contributed by atoms with Gasteiger partial charge < -0.3 is 14.8 Å². The highest BCUT2D eigenvalue weighted by molar-refractivity contribution is 5.28. The van der Waals surface area contributed by atoms with Gasteiger partial charge in [-0.2, -0.15) is 0 Å². The summed E-state index contributed by atoms with van der Waals surface area (Å²) in [6.45, 7) is 6.88.